The predicted octanol–water partition coefficient (Wildman–Crippen LogP) is 2.98. The number of sulfonamides is 1. The van der Waals surface area contributed by atoms with Crippen LogP contribution in [-0.4, -0.2) is 45.0 Å². The number of rotatable bonds is 9. The van der Waals surface area contributed by atoms with Crippen LogP contribution >= 0.6 is 11.3 Å². The summed E-state index contributed by atoms with van der Waals surface area (Å²) in [4.78, 5) is 28.8. The van der Waals surface area contributed by atoms with Gasteiger partial charge < -0.3 is 14.8 Å². The summed E-state index contributed by atoms with van der Waals surface area (Å²) in [5.74, 6) is -0.936. The van der Waals surface area contributed by atoms with Gasteiger partial charge in [0.2, 0.25) is 10.0 Å². The molecule has 0 fully saturated rings. The van der Waals surface area contributed by atoms with Crippen molar-refractivity contribution in [2.24, 2.45) is 0 Å². The van der Waals surface area contributed by atoms with Crippen molar-refractivity contribution in [3.63, 3.8) is 0 Å². The van der Waals surface area contributed by atoms with Gasteiger partial charge in [0, 0.05) is 16.6 Å². The van der Waals surface area contributed by atoms with Gasteiger partial charge >= 0.3 is 5.97 Å². The predicted molar refractivity (Wildman–Crippen MR) is 125 cm³/mol. The van der Waals surface area contributed by atoms with E-state index >= 15 is 0 Å². The van der Waals surface area contributed by atoms with Gasteiger partial charge in [0.05, 0.1) is 22.7 Å². The Morgan fingerprint density at radius 3 is 2.52 bits per heavy atom. The van der Waals surface area contributed by atoms with Gasteiger partial charge in [-0.2, -0.15) is 4.72 Å². The molecule has 0 aliphatic heterocycles. The molecule has 3 rings (SSSR count). The summed E-state index contributed by atoms with van der Waals surface area (Å²) in [6, 6.07) is 11.6. The number of esters is 1. The van der Waals surface area contributed by atoms with E-state index in [0.717, 1.165) is 16.3 Å². The second-order valence-electron chi connectivity index (χ2n) is 7.01. The van der Waals surface area contributed by atoms with Crippen molar-refractivity contribution in [1.82, 2.24) is 9.71 Å². The number of anilines is 1. The third kappa shape index (κ3) is 6.60. The molecule has 9 nitrogen and oxygen atoms in total. The van der Waals surface area contributed by atoms with E-state index in [1.807, 2.05) is 18.4 Å². The van der Waals surface area contributed by atoms with Gasteiger partial charge in [-0.15, -0.1) is 11.3 Å². The minimum absolute atomic E-state index is 0.0316. The molecule has 0 radical (unpaired) electrons. The molecule has 1 amide bonds. The third-order valence-corrected chi connectivity index (χ3v) is 6.79. The van der Waals surface area contributed by atoms with Crippen LogP contribution in [-0.2, 0) is 24.3 Å². The fourth-order valence-electron chi connectivity index (χ4n) is 2.81. The van der Waals surface area contributed by atoms with E-state index in [1.54, 1.807) is 18.2 Å². The van der Waals surface area contributed by atoms with Crippen LogP contribution in [0.25, 0.3) is 11.3 Å². The lowest BCUT2D eigenvalue weighted by Crippen LogP contribution is -2.40. The number of benzene rings is 2. The Morgan fingerprint density at radius 2 is 1.88 bits per heavy atom. The number of ether oxygens (including phenoxy) is 2. The maximum Gasteiger partial charge on any atom is 0.324 e. The Hall–Kier alpha value is -3.28. The highest BCUT2D eigenvalue weighted by atomic mass is 32.2. The molecular weight excluding hydrogens is 466 g/mol. The second-order valence-corrected chi connectivity index (χ2v) is 9.78. The molecule has 1 unspecified atom stereocenters. The van der Waals surface area contributed by atoms with Crippen LogP contribution in [0.1, 0.15) is 11.9 Å². The molecule has 11 heteroatoms. The van der Waals surface area contributed by atoms with Gasteiger partial charge in [-0.1, -0.05) is 12.1 Å². The van der Waals surface area contributed by atoms with Crippen molar-refractivity contribution in [3.8, 4) is 17.0 Å². The Balaban J connectivity index is 1.53. The summed E-state index contributed by atoms with van der Waals surface area (Å²) >= 11 is 1.53. The van der Waals surface area contributed by atoms with E-state index < -0.39 is 34.5 Å². The van der Waals surface area contributed by atoms with Crippen molar-refractivity contribution >= 4 is 38.9 Å². The minimum atomic E-state index is -3.96. The number of thiazole rings is 1. The smallest absolute Gasteiger partial charge is 0.324 e. The van der Waals surface area contributed by atoms with Crippen LogP contribution in [0.2, 0.25) is 0 Å². The van der Waals surface area contributed by atoms with E-state index in [4.69, 9.17) is 9.47 Å². The summed E-state index contributed by atoms with van der Waals surface area (Å²) in [5, 5.41) is 5.50. The number of nitrogens with zero attached hydrogens (tertiary/aromatic N) is 1. The molecule has 174 valence electrons. The monoisotopic (exact) mass is 489 g/mol. The molecule has 2 aromatic carbocycles. The molecule has 1 atom stereocenters. The summed E-state index contributed by atoms with van der Waals surface area (Å²) < 4.78 is 37.1. The fraction of sp³-hybridized carbons (Fsp3) is 0.227. The Labute approximate surface area is 195 Å². The molecule has 1 heterocycles. The molecule has 2 N–H and O–H groups in total. The molecule has 33 heavy (non-hydrogen) atoms. The quantitative estimate of drug-likeness (QED) is 0.443. The molecule has 0 saturated carbocycles. The lowest BCUT2D eigenvalue weighted by molar-refractivity contribution is -0.148. The average molecular weight is 490 g/mol. The van der Waals surface area contributed by atoms with Crippen LogP contribution < -0.4 is 14.8 Å². The Morgan fingerprint density at radius 1 is 1.15 bits per heavy atom. The van der Waals surface area contributed by atoms with Crippen LogP contribution in [0, 0.1) is 6.92 Å². The van der Waals surface area contributed by atoms with Gasteiger partial charge in [0.25, 0.3) is 5.91 Å². The van der Waals surface area contributed by atoms with Gasteiger partial charge in [-0.3, -0.25) is 9.59 Å². The summed E-state index contributed by atoms with van der Waals surface area (Å²) in [6.07, 6.45) is 0. The third-order valence-electron chi connectivity index (χ3n) is 4.46. The van der Waals surface area contributed by atoms with E-state index in [1.165, 1.54) is 49.6 Å². The van der Waals surface area contributed by atoms with Crippen molar-refractivity contribution in [2.45, 2.75) is 24.8 Å². The number of aryl methyl sites for hydroxylation is 1. The number of carbonyl (C=O) groups excluding carboxylic acids is 2. The fourth-order valence-corrected chi connectivity index (χ4v) is 4.63. The SMILES string of the molecule is COc1ccc(S(=O)(=O)NC(C)C(=O)OCC(=O)Nc2cccc(-c3csc(C)n3)c2)cc1. The van der Waals surface area contributed by atoms with Gasteiger partial charge in [0.1, 0.15) is 11.8 Å². The van der Waals surface area contributed by atoms with Gasteiger partial charge in [0.15, 0.2) is 6.61 Å². The number of nitrogens with one attached hydrogen (secondary N) is 2. The molecule has 0 spiro atoms. The van der Waals surface area contributed by atoms with Crippen LogP contribution in [0.4, 0.5) is 5.69 Å². The first-order valence-electron chi connectivity index (χ1n) is 9.83. The maximum atomic E-state index is 12.4. The van der Waals surface area contributed by atoms with Crippen molar-refractivity contribution < 1.29 is 27.5 Å². The summed E-state index contributed by atoms with van der Waals surface area (Å²) in [7, 11) is -2.49. The summed E-state index contributed by atoms with van der Waals surface area (Å²) in [6.45, 7) is 2.68. The molecule has 3 aromatic rings. The van der Waals surface area contributed by atoms with E-state index in [9.17, 15) is 18.0 Å². The Bertz CT molecular complexity index is 1240. The number of methoxy groups -OCH3 is 1. The molecular formula is C22H23N3O6S2. The first kappa shape index (κ1) is 24.4. The zero-order valence-electron chi connectivity index (χ0n) is 18.2. The average Bonchev–Trinajstić information content (AvgIpc) is 3.23. The largest absolute Gasteiger partial charge is 0.497 e. The zero-order chi connectivity index (χ0) is 24.0. The van der Waals surface area contributed by atoms with Crippen molar-refractivity contribution in [3.05, 3.63) is 58.9 Å². The van der Waals surface area contributed by atoms with Crippen molar-refractivity contribution in [1.29, 1.82) is 0 Å². The highest BCUT2D eigenvalue weighted by Crippen LogP contribution is 2.24. The highest BCUT2D eigenvalue weighted by Gasteiger charge is 2.23. The highest BCUT2D eigenvalue weighted by molar-refractivity contribution is 7.89. The first-order chi connectivity index (χ1) is 15.7. The topological polar surface area (TPSA) is 124 Å². The maximum absolute atomic E-state index is 12.4. The van der Waals surface area contributed by atoms with Crippen LogP contribution in [0.5, 0.6) is 5.75 Å². The summed E-state index contributed by atoms with van der Waals surface area (Å²) in [5.41, 5.74) is 2.17. The molecule has 0 saturated heterocycles. The number of amides is 1. The molecule has 0 aliphatic carbocycles. The first-order valence-corrected chi connectivity index (χ1v) is 12.2. The van der Waals surface area contributed by atoms with Crippen LogP contribution in [0.3, 0.4) is 0 Å². The number of carbonyl (C=O) groups is 2. The van der Waals surface area contributed by atoms with E-state index in [-0.39, 0.29) is 4.90 Å². The van der Waals surface area contributed by atoms with Gasteiger partial charge in [-0.25, -0.2) is 13.4 Å². The number of hydrogen-bond acceptors (Lipinski definition) is 8. The van der Waals surface area contributed by atoms with Gasteiger partial charge in [-0.05, 0) is 50.2 Å². The normalized spacial score (nSPS) is 12.1. The zero-order valence-corrected chi connectivity index (χ0v) is 19.8. The van der Waals surface area contributed by atoms with Crippen molar-refractivity contribution in [2.75, 3.05) is 19.0 Å². The Kier molecular flexibility index (Phi) is 7.79. The number of aromatic nitrogens is 1. The lowest BCUT2D eigenvalue weighted by Gasteiger charge is -2.14. The minimum Gasteiger partial charge on any atom is -0.497 e. The van der Waals surface area contributed by atoms with E-state index in [2.05, 4.69) is 15.0 Å². The van der Waals surface area contributed by atoms with Crippen LogP contribution in [0.15, 0.2) is 58.8 Å². The molecule has 0 aliphatic rings. The number of hydrogen-bond donors (Lipinski definition) is 2. The molecule has 0 bridgehead atoms. The molecule has 1 aromatic heterocycles. The lowest BCUT2D eigenvalue weighted by atomic mass is 10.1. The second kappa shape index (κ2) is 10.6. The van der Waals surface area contributed by atoms with E-state index in [0.29, 0.717) is 11.4 Å². The standard InChI is InChI=1S/C22H23N3O6S2/c1-14(25-33(28,29)19-9-7-18(30-3)8-10-19)22(27)31-12-21(26)24-17-6-4-5-16(11-17)20-13-32-15(2)23-20/h4-11,13-14,25H,12H2,1-3H3,(H,24,26).